The molecule has 0 aliphatic heterocycles. The highest BCUT2D eigenvalue weighted by molar-refractivity contribution is 7.71. The zero-order chi connectivity index (χ0) is 14.7. The van der Waals surface area contributed by atoms with Gasteiger partial charge < -0.3 is 20.4 Å². The molecule has 8 heteroatoms. The van der Waals surface area contributed by atoms with Crippen LogP contribution in [0.4, 0.5) is 0 Å². The SMILES string of the molecule is OCC(O)C(O)C(O)c1n[nH]c(=S)n1-c1ccccc1. The Labute approximate surface area is 119 Å². The number of rotatable bonds is 5. The van der Waals surface area contributed by atoms with Gasteiger partial charge in [-0.25, -0.2) is 0 Å². The highest BCUT2D eigenvalue weighted by atomic mass is 32.1. The normalized spacial score (nSPS) is 15.8. The fourth-order valence-corrected chi connectivity index (χ4v) is 2.05. The number of nitrogens with one attached hydrogen (secondary N) is 1. The van der Waals surface area contributed by atoms with Gasteiger partial charge in [0, 0.05) is 5.69 Å². The Morgan fingerprint density at radius 3 is 2.45 bits per heavy atom. The van der Waals surface area contributed by atoms with Gasteiger partial charge in [0.2, 0.25) is 0 Å². The molecule has 7 nitrogen and oxygen atoms in total. The number of nitrogens with zero attached hydrogens (tertiary/aromatic N) is 2. The first-order valence-corrected chi connectivity index (χ1v) is 6.35. The summed E-state index contributed by atoms with van der Waals surface area (Å²) in [6, 6.07) is 8.93. The molecule has 2 rings (SSSR count). The highest BCUT2D eigenvalue weighted by Crippen LogP contribution is 2.21. The van der Waals surface area contributed by atoms with Crippen molar-refractivity contribution in [2.75, 3.05) is 6.61 Å². The van der Waals surface area contributed by atoms with Crippen LogP contribution in [0.5, 0.6) is 0 Å². The van der Waals surface area contributed by atoms with Gasteiger partial charge in [0.05, 0.1) is 6.61 Å². The van der Waals surface area contributed by atoms with E-state index in [1.807, 2.05) is 6.07 Å². The van der Waals surface area contributed by atoms with Crippen LogP contribution in [-0.4, -0.2) is 54.0 Å². The molecular weight excluding hydrogens is 282 g/mol. The van der Waals surface area contributed by atoms with E-state index in [9.17, 15) is 15.3 Å². The summed E-state index contributed by atoms with van der Waals surface area (Å²) in [5, 5.41) is 44.4. The van der Waals surface area contributed by atoms with Crippen molar-refractivity contribution in [2.45, 2.75) is 18.3 Å². The third kappa shape index (κ3) is 2.79. The molecule has 0 aliphatic rings. The minimum Gasteiger partial charge on any atom is -0.394 e. The second-order valence-corrected chi connectivity index (χ2v) is 4.63. The summed E-state index contributed by atoms with van der Waals surface area (Å²) in [6.07, 6.45) is -4.54. The lowest BCUT2D eigenvalue weighted by Crippen LogP contribution is -2.35. The second kappa shape index (κ2) is 6.25. The van der Waals surface area contributed by atoms with Gasteiger partial charge in [-0.2, -0.15) is 5.10 Å². The molecule has 0 saturated carbocycles. The molecule has 0 radical (unpaired) electrons. The Balaban J connectivity index is 2.42. The quantitative estimate of drug-likeness (QED) is 0.483. The van der Waals surface area contributed by atoms with Crippen molar-refractivity contribution in [1.82, 2.24) is 14.8 Å². The summed E-state index contributed by atoms with van der Waals surface area (Å²) < 4.78 is 1.70. The van der Waals surface area contributed by atoms with Crippen LogP contribution in [0.25, 0.3) is 5.69 Å². The number of H-pyrrole nitrogens is 1. The van der Waals surface area contributed by atoms with E-state index in [1.165, 1.54) is 4.57 Å². The second-order valence-electron chi connectivity index (χ2n) is 4.24. The number of aromatic nitrogens is 3. The maximum absolute atomic E-state index is 10.1. The molecule has 0 bridgehead atoms. The Kier molecular flexibility index (Phi) is 4.63. The minimum absolute atomic E-state index is 0.0567. The van der Waals surface area contributed by atoms with E-state index >= 15 is 0 Å². The molecule has 108 valence electrons. The van der Waals surface area contributed by atoms with Gasteiger partial charge in [0.25, 0.3) is 0 Å². The van der Waals surface area contributed by atoms with Gasteiger partial charge in [0.1, 0.15) is 18.3 Å². The lowest BCUT2D eigenvalue weighted by atomic mass is 10.1. The average Bonchev–Trinajstić information content (AvgIpc) is 2.87. The van der Waals surface area contributed by atoms with Crippen molar-refractivity contribution in [3.05, 3.63) is 40.9 Å². The van der Waals surface area contributed by atoms with E-state index in [4.69, 9.17) is 17.3 Å². The number of aliphatic hydroxyl groups excluding tert-OH is 4. The fourth-order valence-electron chi connectivity index (χ4n) is 1.81. The van der Waals surface area contributed by atoms with Crippen molar-refractivity contribution in [3.8, 4) is 5.69 Å². The van der Waals surface area contributed by atoms with Crippen LogP contribution < -0.4 is 0 Å². The molecule has 3 atom stereocenters. The summed E-state index contributed by atoms with van der Waals surface area (Å²) in [6.45, 7) is -0.672. The number of hydrogen-bond acceptors (Lipinski definition) is 6. The lowest BCUT2D eigenvalue weighted by molar-refractivity contribution is -0.0808. The van der Waals surface area contributed by atoms with Crippen LogP contribution in [0.2, 0.25) is 0 Å². The number of benzene rings is 1. The lowest BCUT2D eigenvalue weighted by Gasteiger charge is -2.21. The molecule has 0 saturated heterocycles. The number of aromatic amines is 1. The van der Waals surface area contributed by atoms with Gasteiger partial charge >= 0.3 is 0 Å². The van der Waals surface area contributed by atoms with Gasteiger partial charge in [-0.3, -0.25) is 9.67 Å². The monoisotopic (exact) mass is 297 g/mol. The van der Waals surface area contributed by atoms with Crippen molar-refractivity contribution in [2.24, 2.45) is 0 Å². The van der Waals surface area contributed by atoms with Gasteiger partial charge in [-0.05, 0) is 24.4 Å². The summed E-state index contributed by atoms with van der Waals surface area (Å²) in [5.41, 5.74) is 0.658. The molecule has 0 fully saturated rings. The zero-order valence-electron chi connectivity index (χ0n) is 10.4. The van der Waals surface area contributed by atoms with E-state index in [2.05, 4.69) is 10.2 Å². The third-order valence-corrected chi connectivity index (χ3v) is 3.16. The van der Waals surface area contributed by atoms with Gasteiger partial charge in [-0.15, -0.1) is 0 Å². The van der Waals surface area contributed by atoms with Gasteiger partial charge in [-0.1, -0.05) is 18.2 Å². The standard InChI is InChI=1S/C12H15N3O4S/c16-6-8(17)9(18)10(19)11-13-14-12(20)15(11)7-4-2-1-3-5-7/h1-5,8-10,16-19H,6H2,(H,14,20). The maximum atomic E-state index is 10.1. The van der Waals surface area contributed by atoms with Crippen molar-refractivity contribution in [3.63, 3.8) is 0 Å². The van der Waals surface area contributed by atoms with E-state index in [-0.39, 0.29) is 10.6 Å². The smallest absolute Gasteiger partial charge is 0.199 e. The number of aliphatic hydroxyl groups is 4. The van der Waals surface area contributed by atoms with E-state index < -0.39 is 24.9 Å². The highest BCUT2D eigenvalue weighted by Gasteiger charge is 2.29. The largest absolute Gasteiger partial charge is 0.394 e. The van der Waals surface area contributed by atoms with E-state index in [1.54, 1.807) is 24.3 Å². The van der Waals surface area contributed by atoms with Crippen LogP contribution in [0.15, 0.2) is 30.3 Å². The number of para-hydroxylation sites is 1. The Morgan fingerprint density at radius 1 is 1.20 bits per heavy atom. The van der Waals surface area contributed by atoms with Crippen LogP contribution in [0.3, 0.4) is 0 Å². The molecule has 1 aromatic heterocycles. The summed E-state index contributed by atoms with van der Waals surface area (Å²) >= 11 is 5.10. The first-order chi connectivity index (χ1) is 9.56. The maximum Gasteiger partial charge on any atom is 0.199 e. The first kappa shape index (κ1) is 14.8. The number of hydrogen-bond donors (Lipinski definition) is 5. The molecule has 1 heterocycles. The van der Waals surface area contributed by atoms with Crippen LogP contribution in [0, 0.1) is 4.77 Å². The minimum atomic E-state index is -1.58. The molecule has 0 spiro atoms. The molecule has 0 aliphatic carbocycles. The summed E-state index contributed by atoms with van der Waals surface area (Å²) in [7, 11) is 0. The molecule has 20 heavy (non-hydrogen) atoms. The van der Waals surface area contributed by atoms with Gasteiger partial charge in [0.15, 0.2) is 10.6 Å². The zero-order valence-corrected chi connectivity index (χ0v) is 11.2. The fraction of sp³-hybridized carbons (Fsp3) is 0.333. The van der Waals surface area contributed by atoms with Crippen molar-refractivity contribution in [1.29, 1.82) is 0 Å². The first-order valence-electron chi connectivity index (χ1n) is 5.94. The summed E-state index contributed by atoms with van der Waals surface area (Å²) in [4.78, 5) is 0. The predicted octanol–water partition coefficient (Wildman–Crippen LogP) is -0.323. The predicted molar refractivity (Wildman–Crippen MR) is 72.8 cm³/mol. The van der Waals surface area contributed by atoms with Crippen LogP contribution in [-0.2, 0) is 0 Å². The van der Waals surface area contributed by atoms with Crippen LogP contribution in [0.1, 0.15) is 11.9 Å². The Hall–Kier alpha value is -1.58. The van der Waals surface area contributed by atoms with Crippen molar-refractivity contribution < 1.29 is 20.4 Å². The average molecular weight is 297 g/mol. The Morgan fingerprint density at radius 2 is 1.85 bits per heavy atom. The topological polar surface area (TPSA) is 115 Å². The molecule has 5 N–H and O–H groups in total. The molecule has 2 aromatic rings. The molecule has 0 amide bonds. The van der Waals surface area contributed by atoms with E-state index in [0.717, 1.165) is 0 Å². The van der Waals surface area contributed by atoms with Crippen molar-refractivity contribution >= 4 is 12.2 Å². The Bertz CT molecular complexity index is 613. The molecular formula is C12H15N3O4S. The van der Waals surface area contributed by atoms with Crippen LogP contribution >= 0.6 is 12.2 Å². The molecule has 3 unspecified atom stereocenters. The summed E-state index contributed by atoms with van der Waals surface area (Å²) in [5.74, 6) is 0.0567. The molecule has 1 aromatic carbocycles. The van der Waals surface area contributed by atoms with E-state index in [0.29, 0.717) is 5.69 Å². The third-order valence-electron chi connectivity index (χ3n) is 2.88.